The van der Waals surface area contributed by atoms with E-state index in [0.717, 1.165) is 6.92 Å². The van der Waals surface area contributed by atoms with Crippen LogP contribution in [0.1, 0.15) is 11.3 Å². The van der Waals surface area contributed by atoms with Crippen LogP contribution in [0, 0.1) is 17.0 Å². The average Bonchev–Trinajstić information content (AvgIpc) is 2.19. The Morgan fingerprint density at radius 1 is 1.58 bits per heavy atom. The van der Waals surface area contributed by atoms with Crippen LogP contribution in [-0.4, -0.2) is 27.3 Å². The summed E-state index contributed by atoms with van der Waals surface area (Å²) in [4.78, 5) is 23.6. The zero-order chi connectivity index (χ0) is 14.8. The van der Waals surface area contributed by atoms with E-state index in [1.165, 1.54) is 0 Å². The number of nitrogens with zero attached hydrogens (tertiary/aromatic N) is 2. The molecule has 10 heteroatoms. The van der Waals surface area contributed by atoms with Crippen LogP contribution >= 0.6 is 0 Å². The van der Waals surface area contributed by atoms with Gasteiger partial charge in [-0.2, -0.15) is 0 Å². The molecule has 1 aromatic rings. The smallest absolute Gasteiger partial charge is 0.481 e. The van der Waals surface area contributed by atoms with Crippen molar-refractivity contribution in [1.82, 2.24) is 4.98 Å². The molecule has 19 heavy (non-hydrogen) atoms. The second-order valence-corrected chi connectivity index (χ2v) is 3.42. The van der Waals surface area contributed by atoms with Gasteiger partial charge in [0.15, 0.2) is 0 Å². The Morgan fingerprint density at radius 3 is 2.58 bits per heavy atom. The number of pyridine rings is 1. The van der Waals surface area contributed by atoms with E-state index in [4.69, 9.17) is 5.11 Å². The fourth-order valence-electron chi connectivity index (χ4n) is 1.36. The van der Waals surface area contributed by atoms with Gasteiger partial charge in [-0.1, -0.05) is 0 Å². The molecular weight excluding hydrogens is 273 g/mol. The van der Waals surface area contributed by atoms with Gasteiger partial charge in [-0.15, -0.1) is 13.2 Å². The van der Waals surface area contributed by atoms with Gasteiger partial charge in [0.05, 0.1) is 28.8 Å². The summed E-state index contributed by atoms with van der Waals surface area (Å²) in [5, 5.41) is 19.3. The van der Waals surface area contributed by atoms with Crippen LogP contribution in [0.4, 0.5) is 18.9 Å². The summed E-state index contributed by atoms with van der Waals surface area (Å²) in [6, 6.07) is 0. The molecule has 0 aromatic carbocycles. The summed E-state index contributed by atoms with van der Waals surface area (Å²) in [5.41, 5.74) is -1.44. The Hall–Kier alpha value is -2.39. The molecule has 0 unspecified atom stereocenters. The lowest BCUT2D eigenvalue weighted by Crippen LogP contribution is -2.19. The van der Waals surface area contributed by atoms with Crippen molar-refractivity contribution in [2.45, 2.75) is 19.7 Å². The molecule has 1 heterocycles. The van der Waals surface area contributed by atoms with Crippen molar-refractivity contribution in [3.05, 3.63) is 27.6 Å². The number of halogens is 3. The van der Waals surface area contributed by atoms with E-state index in [-0.39, 0.29) is 11.3 Å². The minimum atomic E-state index is -5.10. The van der Waals surface area contributed by atoms with E-state index in [0.29, 0.717) is 6.20 Å². The lowest BCUT2D eigenvalue weighted by atomic mass is 10.1. The SMILES string of the molecule is Cc1c(CC(=O)O)ncc(OC(F)(F)F)c1[N+](=O)[O-]. The third-order valence-corrected chi connectivity index (χ3v) is 2.09. The number of hydrogen-bond donors (Lipinski definition) is 1. The van der Waals surface area contributed by atoms with E-state index >= 15 is 0 Å². The maximum atomic E-state index is 12.1. The maximum Gasteiger partial charge on any atom is 0.573 e. The molecule has 0 bridgehead atoms. The molecule has 0 atom stereocenters. The highest BCUT2D eigenvalue weighted by Gasteiger charge is 2.36. The Balaban J connectivity index is 3.32. The van der Waals surface area contributed by atoms with E-state index < -0.39 is 35.1 Å². The lowest BCUT2D eigenvalue weighted by Gasteiger charge is -2.11. The summed E-state index contributed by atoms with van der Waals surface area (Å²) in [6.45, 7) is 1.10. The van der Waals surface area contributed by atoms with E-state index in [9.17, 15) is 28.1 Å². The van der Waals surface area contributed by atoms with Crippen molar-refractivity contribution in [1.29, 1.82) is 0 Å². The fourth-order valence-corrected chi connectivity index (χ4v) is 1.36. The molecule has 1 N–H and O–H groups in total. The molecule has 0 spiro atoms. The zero-order valence-corrected chi connectivity index (χ0v) is 9.39. The Labute approximate surface area is 103 Å². The largest absolute Gasteiger partial charge is 0.573 e. The molecular formula is C9H7F3N2O5. The number of hydrogen-bond acceptors (Lipinski definition) is 5. The average molecular weight is 280 g/mol. The molecule has 0 amide bonds. The third kappa shape index (κ3) is 3.79. The van der Waals surface area contributed by atoms with Gasteiger partial charge in [0, 0.05) is 0 Å². The van der Waals surface area contributed by atoms with E-state index in [2.05, 4.69) is 9.72 Å². The normalized spacial score (nSPS) is 11.2. The van der Waals surface area contributed by atoms with Gasteiger partial charge in [0.1, 0.15) is 0 Å². The molecule has 0 aliphatic carbocycles. The number of nitro groups is 1. The first-order chi connectivity index (χ1) is 8.61. The van der Waals surface area contributed by atoms with Gasteiger partial charge in [0.25, 0.3) is 0 Å². The van der Waals surface area contributed by atoms with Crippen LogP contribution in [0.5, 0.6) is 5.75 Å². The van der Waals surface area contributed by atoms with Gasteiger partial charge in [0.2, 0.25) is 5.75 Å². The number of ether oxygens (including phenoxy) is 1. The highest BCUT2D eigenvalue weighted by atomic mass is 19.4. The fraction of sp³-hybridized carbons (Fsp3) is 0.333. The second kappa shape index (κ2) is 5.08. The topological polar surface area (TPSA) is 103 Å². The summed E-state index contributed by atoms with van der Waals surface area (Å²) < 4.78 is 39.7. The van der Waals surface area contributed by atoms with Crippen molar-refractivity contribution >= 4 is 11.7 Å². The number of carbonyl (C=O) groups is 1. The van der Waals surface area contributed by atoms with Gasteiger partial charge >= 0.3 is 18.0 Å². The minimum Gasteiger partial charge on any atom is -0.481 e. The molecule has 104 valence electrons. The Bertz CT molecular complexity index is 529. The zero-order valence-electron chi connectivity index (χ0n) is 9.39. The van der Waals surface area contributed by atoms with Crippen LogP contribution in [0.3, 0.4) is 0 Å². The summed E-state index contributed by atoms with van der Waals surface area (Å²) in [5.74, 6) is -2.39. The first-order valence-electron chi connectivity index (χ1n) is 4.72. The molecule has 0 aliphatic rings. The standard InChI is InChI=1S/C9H7F3N2O5/c1-4-5(2-7(15)16)13-3-6(8(4)14(17)18)19-9(10,11)12/h3H,2H2,1H3,(H,15,16). The van der Waals surface area contributed by atoms with Crippen molar-refractivity contribution in [2.75, 3.05) is 0 Å². The minimum absolute atomic E-state index is 0.200. The summed E-state index contributed by atoms with van der Waals surface area (Å²) >= 11 is 0. The van der Waals surface area contributed by atoms with Gasteiger partial charge in [-0.05, 0) is 6.92 Å². The number of carboxylic acid groups (broad SMARTS) is 1. The number of alkyl halides is 3. The summed E-state index contributed by atoms with van der Waals surface area (Å²) in [6.07, 6.45) is -5.26. The third-order valence-electron chi connectivity index (χ3n) is 2.09. The molecule has 1 rings (SSSR count). The number of aliphatic carboxylic acids is 1. The summed E-state index contributed by atoms with van der Waals surface area (Å²) in [7, 11) is 0. The quantitative estimate of drug-likeness (QED) is 0.666. The maximum absolute atomic E-state index is 12.1. The van der Waals surface area contributed by atoms with Crippen LogP contribution in [-0.2, 0) is 11.2 Å². The molecule has 0 aliphatic heterocycles. The molecule has 0 saturated heterocycles. The molecule has 7 nitrogen and oxygen atoms in total. The van der Waals surface area contributed by atoms with Gasteiger partial charge < -0.3 is 9.84 Å². The predicted molar refractivity (Wildman–Crippen MR) is 53.7 cm³/mol. The van der Waals surface area contributed by atoms with Crippen molar-refractivity contribution in [3.63, 3.8) is 0 Å². The molecule has 0 radical (unpaired) electrons. The number of carboxylic acids is 1. The van der Waals surface area contributed by atoms with E-state index in [1.807, 2.05) is 0 Å². The Morgan fingerprint density at radius 2 is 2.16 bits per heavy atom. The van der Waals surface area contributed by atoms with Crippen LogP contribution in [0.15, 0.2) is 6.20 Å². The first-order valence-corrected chi connectivity index (χ1v) is 4.72. The molecule has 0 fully saturated rings. The van der Waals surface area contributed by atoms with Crippen molar-refractivity contribution in [3.8, 4) is 5.75 Å². The van der Waals surface area contributed by atoms with Gasteiger partial charge in [-0.25, -0.2) is 0 Å². The number of aromatic nitrogens is 1. The lowest BCUT2D eigenvalue weighted by molar-refractivity contribution is -0.389. The monoisotopic (exact) mass is 280 g/mol. The van der Waals surface area contributed by atoms with Gasteiger partial charge in [-0.3, -0.25) is 19.9 Å². The molecule has 1 aromatic heterocycles. The highest BCUT2D eigenvalue weighted by Crippen LogP contribution is 2.35. The van der Waals surface area contributed by atoms with Crippen LogP contribution in [0.2, 0.25) is 0 Å². The predicted octanol–water partition coefficient (Wildman–Crippen LogP) is 1.82. The van der Waals surface area contributed by atoms with Crippen LogP contribution in [0.25, 0.3) is 0 Å². The van der Waals surface area contributed by atoms with Crippen molar-refractivity contribution < 1.29 is 32.7 Å². The van der Waals surface area contributed by atoms with Crippen molar-refractivity contribution in [2.24, 2.45) is 0 Å². The highest BCUT2D eigenvalue weighted by molar-refractivity contribution is 5.71. The van der Waals surface area contributed by atoms with E-state index in [1.54, 1.807) is 0 Å². The first kappa shape index (κ1) is 14.7. The van der Waals surface area contributed by atoms with Crippen LogP contribution < -0.4 is 4.74 Å². The Kier molecular flexibility index (Phi) is 3.92. The number of rotatable bonds is 4. The second-order valence-electron chi connectivity index (χ2n) is 3.42. The molecule has 0 saturated carbocycles.